The molecule has 0 amide bonds. The van der Waals surface area contributed by atoms with Crippen LogP contribution in [0.25, 0.3) is 0 Å². The number of ether oxygens (including phenoxy) is 2. The Labute approximate surface area is 91.3 Å². The zero-order chi connectivity index (χ0) is 11.1. The van der Waals surface area contributed by atoms with Crippen molar-refractivity contribution in [2.24, 2.45) is 5.92 Å². The molecule has 1 fully saturated rings. The van der Waals surface area contributed by atoms with Crippen LogP contribution in [0.15, 0.2) is 0 Å². The Morgan fingerprint density at radius 3 is 3.00 bits per heavy atom. The summed E-state index contributed by atoms with van der Waals surface area (Å²) < 4.78 is 10.4. The molecule has 0 aliphatic carbocycles. The summed E-state index contributed by atoms with van der Waals surface area (Å²) in [6, 6.07) is 0.185. The van der Waals surface area contributed by atoms with Gasteiger partial charge in [0.1, 0.15) is 0 Å². The molecule has 1 N–H and O–H groups in total. The van der Waals surface area contributed by atoms with E-state index in [-0.39, 0.29) is 12.0 Å². The number of carbonyl (C=O) groups is 1. The second-order valence-corrected chi connectivity index (χ2v) is 3.88. The Balaban J connectivity index is 2.36. The van der Waals surface area contributed by atoms with E-state index in [1.807, 2.05) is 14.0 Å². The Kier molecular flexibility index (Phi) is 5.65. The van der Waals surface area contributed by atoms with Crippen LogP contribution in [0, 0.1) is 5.92 Å². The van der Waals surface area contributed by atoms with Crippen molar-refractivity contribution in [1.82, 2.24) is 5.32 Å². The molecule has 88 valence electrons. The van der Waals surface area contributed by atoms with Gasteiger partial charge in [-0.05, 0) is 32.7 Å². The third kappa shape index (κ3) is 4.18. The van der Waals surface area contributed by atoms with Crippen molar-refractivity contribution >= 4 is 5.97 Å². The highest BCUT2D eigenvalue weighted by molar-refractivity contribution is 5.70. The number of hydrogen-bond donors (Lipinski definition) is 1. The molecule has 4 nitrogen and oxygen atoms in total. The lowest BCUT2D eigenvalue weighted by Crippen LogP contribution is -2.40. The highest BCUT2D eigenvalue weighted by Crippen LogP contribution is 2.19. The van der Waals surface area contributed by atoms with E-state index in [2.05, 4.69) is 5.32 Å². The molecular formula is C11H21NO3. The molecule has 0 spiro atoms. The van der Waals surface area contributed by atoms with Gasteiger partial charge in [-0.3, -0.25) is 4.79 Å². The number of esters is 1. The van der Waals surface area contributed by atoms with Gasteiger partial charge in [-0.1, -0.05) is 0 Å². The highest BCUT2D eigenvalue weighted by Gasteiger charge is 2.25. The largest absolute Gasteiger partial charge is 0.466 e. The Morgan fingerprint density at radius 1 is 1.67 bits per heavy atom. The van der Waals surface area contributed by atoms with Crippen molar-refractivity contribution in [3.8, 4) is 0 Å². The first-order valence-corrected chi connectivity index (χ1v) is 5.68. The molecule has 0 radical (unpaired) electrons. The molecule has 0 aromatic rings. The molecule has 4 heteroatoms. The molecule has 1 saturated heterocycles. The van der Waals surface area contributed by atoms with Gasteiger partial charge in [0.25, 0.3) is 0 Å². The lowest BCUT2D eigenvalue weighted by atomic mass is 9.92. The molecule has 1 aliphatic heterocycles. The minimum absolute atomic E-state index is 0.123. The Morgan fingerprint density at radius 2 is 2.47 bits per heavy atom. The van der Waals surface area contributed by atoms with E-state index in [0.717, 1.165) is 26.1 Å². The molecule has 0 bridgehead atoms. The van der Waals surface area contributed by atoms with Gasteiger partial charge in [0.15, 0.2) is 0 Å². The maximum atomic E-state index is 11.4. The minimum Gasteiger partial charge on any atom is -0.466 e. The van der Waals surface area contributed by atoms with Crippen molar-refractivity contribution in [3.63, 3.8) is 0 Å². The van der Waals surface area contributed by atoms with E-state index in [0.29, 0.717) is 18.9 Å². The zero-order valence-corrected chi connectivity index (χ0v) is 9.62. The summed E-state index contributed by atoms with van der Waals surface area (Å²) in [5, 5.41) is 3.18. The van der Waals surface area contributed by atoms with Crippen LogP contribution in [0.1, 0.15) is 26.2 Å². The van der Waals surface area contributed by atoms with Crippen LogP contribution in [0.3, 0.4) is 0 Å². The molecule has 2 atom stereocenters. The van der Waals surface area contributed by atoms with E-state index in [1.54, 1.807) is 0 Å². The van der Waals surface area contributed by atoms with Crippen LogP contribution >= 0.6 is 0 Å². The first-order chi connectivity index (χ1) is 7.27. The normalized spacial score (nSPS) is 23.5. The van der Waals surface area contributed by atoms with E-state index in [9.17, 15) is 4.79 Å². The van der Waals surface area contributed by atoms with Gasteiger partial charge in [0.2, 0.25) is 0 Å². The van der Waals surface area contributed by atoms with E-state index in [4.69, 9.17) is 9.47 Å². The summed E-state index contributed by atoms with van der Waals surface area (Å²) in [6.45, 7) is 3.89. The predicted octanol–water partition coefficient (Wildman–Crippen LogP) is 0.954. The summed E-state index contributed by atoms with van der Waals surface area (Å²) in [5.41, 5.74) is 0. The summed E-state index contributed by atoms with van der Waals surface area (Å²) in [7, 11) is 1.89. The maximum Gasteiger partial charge on any atom is 0.307 e. The molecule has 0 aromatic carbocycles. The van der Waals surface area contributed by atoms with Gasteiger partial charge in [-0.15, -0.1) is 0 Å². The first-order valence-electron chi connectivity index (χ1n) is 5.68. The van der Waals surface area contributed by atoms with Gasteiger partial charge in [0, 0.05) is 12.6 Å². The number of hydrogen-bond acceptors (Lipinski definition) is 4. The molecule has 0 aromatic heterocycles. The smallest absolute Gasteiger partial charge is 0.307 e. The molecular weight excluding hydrogens is 194 g/mol. The predicted molar refractivity (Wildman–Crippen MR) is 57.6 cm³/mol. The first kappa shape index (κ1) is 12.5. The lowest BCUT2D eigenvalue weighted by Gasteiger charge is -2.29. The lowest BCUT2D eigenvalue weighted by molar-refractivity contribution is -0.144. The number of rotatable bonds is 5. The fourth-order valence-electron chi connectivity index (χ4n) is 1.99. The van der Waals surface area contributed by atoms with Gasteiger partial charge in [-0.25, -0.2) is 0 Å². The van der Waals surface area contributed by atoms with Crippen molar-refractivity contribution in [2.45, 2.75) is 32.2 Å². The van der Waals surface area contributed by atoms with Crippen LogP contribution in [0.2, 0.25) is 0 Å². The topological polar surface area (TPSA) is 47.6 Å². The third-order valence-corrected chi connectivity index (χ3v) is 2.83. The fourth-order valence-corrected chi connectivity index (χ4v) is 1.99. The van der Waals surface area contributed by atoms with E-state index >= 15 is 0 Å². The summed E-state index contributed by atoms with van der Waals surface area (Å²) in [6.07, 6.45) is 2.66. The van der Waals surface area contributed by atoms with Gasteiger partial charge in [-0.2, -0.15) is 0 Å². The quantitative estimate of drug-likeness (QED) is 0.694. The number of nitrogens with one attached hydrogen (secondary N) is 1. The third-order valence-electron chi connectivity index (χ3n) is 2.83. The summed E-state index contributed by atoms with van der Waals surface area (Å²) >= 11 is 0. The van der Waals surface area contributed by atoms with Crippen LogP contribution in [-0.2, 0) is 14.3 Å². The van der Waals surface area contributed by atoms with Crippen molar-refractivity contribution in [3.05, 3.63) is 0 Å². The molecule has 15 heavy (non-hydrogen) atoms. The second kappa shape index (κ2) is 6.80. The van der Waals surface area contributed by atoms with Crippen molar-refractivity contribution in [2.75, 3.05) is 26.9 Å². The second-order valence-electron chi connectivity index (χ2n) is 3.88. The van der Waals surface area contributed by atoms with Crippen molar-refractivity contribution < 1.29 is 14.3 Å². The van der Waals surface area contributed by atoms with Crippen molar-refractivity contribution in [1.29, 1.82) is 0 Å². The van der Waals surface area contributed by atoms with Gasteiger partial charge in [0.05, 0.1) is 19.6 Å². The molecule has 0 saturated carbocycles. The summed E-state index contributed by atoms with van der Waals surface area (Å²) in [4.78, 5) is 11.4. The average Bonchev–Trinajstić information content (AvgIpc) is 2.27. The molecule has 2 unspecified atom stereocenters. The van der Waals surface area contributed by atoms with Crippen LogP contribution in [0.5, 0.6) is 0 Å². The number of carbonyl (C=O) groups excluding carboxylic acids is 1. The average molecular weight is 215 g/mol. The monoisotopic (exact) mass is 215 g/mol. The van der Waals surface area contributed by atoms with Crippen LogP contribution < -0.4 is 5.32 Å². The summed E-state index contributed by atoms with van der Waals surface area (Å²) in [5.74, 6) is 0.315. The standard InChI is InChI=1S/C11H21NO3/c1-3-15-11(13)7-10(12-2)9-5-4-6-14-8-9/h9-10,12H,3-8H2,1-2H3. The molecule has 1 rings (SSSR count). The van der Waals surface area contributed by atoms with E-state index < -0.39 is 0 Å². The Bertz CT molecular complexity index is 190. The maximum absolute atomic E-state index is 11.4. The van der Waals surface area contributed by atoms with Crippen LogP contribution in [0.4, 0.5) is 0 Å². The SMILES string of the molecule is CCOC(=O)CC(NC)C1CCCOC1. The Hall–Kier alpha value is -0.610. The fraction of sp³-hybridized carbons (Fsp3) is 0.909. The van der Waals surface area contributed by atoms with Gasteiger partial charge < -0.3 is 14.8 Å². The highest BCUT2D eigenvalue weighted by atomic mass is 16.5. The van der Waals surface area contributed by atoms with Gasteiger partial charge >= 0.3 is 5.97 Å². The van der Waals surface area contributed by atoms with Crippen LogP contribution in [-0.4, -0.2) is 38.9 Å². The minimum atomic E-state index is -0.123. The molecule has 1 aliphatic rings. The zero-order valence-electron chi connectivity index (χ0n) is 9.62. The van der Waals surface area contributed by atoms with E-state index in [1.165, 1.54) is 0 Å². The molecule has 1 heterocycles.